The van der Waals surface area contributed by atoms with Crippen LogP contribution in [-0.4, -0.2) is 63.0 Å². The van der Waals surface area contributed by atoms with Crippen molar-refractivity contribution in [1.29, 1.82) is 0 Å². The Morgan fingerprint density at radius 3 is 3.04 bits per heavy atom. The molecule has 28 heavy (non-hydrogen) atoms. The number of pyridine rings is 1. The molecule has 0 spiro atoms. The number of aromatic nitrogens is 3. The van der Waals surface area contributed by atoms with Gasteiger partial charge < -0.3 is 15.5 Å². The lowest BCUT2D eigenvalue weighted by atomic mass is 9.72. The Bertz CT molecular complexity index is 886. The first kappa shape index (κ1) is 19.1. The monoisotopic (exact) mass is 404 g/mol. The molecule has 4 atom stereocenters. The van der Waals surface area contributed by atoms with E-state index in [9.17, 15) is 9.59 Å². The highest BCUT2D eigenvalue weighted by atomic mass is 35.5. The third-order valence-electron chi connectivity index (χ3n) is 6.41. The number of nitrogens with zero attached hydrogens (tertiary/aromatic N) is 4. The second-order valence-corrected chi connectivity index (χ2v) is 7.89. The zero-order chi connectivity index (χ0) is 18.4. The van der Waals surface area contributed by atoms with E-state index in [1.165, 1.54) is 6.33 Å². The van der Waals surface area contributed by atoms with Crippen molar-refractivity contribution in [3.63, 3.8) is 0 Å². The molecule has 3 aliphatic rings. The zero-order valence-corrected chi connectivity index (χ0v) is 16.4. The minimum absolute atomic E-state index is 0. The van der Waals surface area contributed by atoms with E-state index in [2.05, 4.69) is 25.6 Å². The van der Waals surface area contributed by atoms with Crippen molar-refractivity contribution in [3.05, 3.63) is 30.2 Å². The molecule has 0 unspecified atom stereocenters. The molecule has 5 heterocycles. The number of hydrogen-bond acceptors (Lipinski definition) is 5. The highest BCUT2D eigenvalue weighted by Gasteiger charge is 2.47. The molecule has 3 saturated heterocycles. The molecule has 2 bridgehead atoms. The fraction of sp³-hybridized carbons (Fsp3) is 0.579. The number of carbonyl (C=O) groups is 2. The summed E-state index contributed by atoms with van der Waals surface area (Å²) in [6, 6.07) is 5.74. The average Bonchev–Trinajstić information content (AvgIpc) is 3.17. The van der Waals surface area contributed by atoms with E-state index >= 15 is 0 Å². The molecular weight excluding hydrogens is 380 g/mol. The minimum Gasteiger partial charge on any atom is -0.349 e. The molecule has 2 aromatic heterocycles. The number of amides is 2. The molecule has 9 heteroatoms. The van der Waals surface area contributed by atoms with Crippen molar-refractivity contribution in [2.75, 3.05) is 19.6 Å². The molecule has 2 aromatic rings. The topological polar surface area (TPSA) is 91.6 Å². The highest BCUT2D eigenvalue weighted by Crippen LogP contribution is 2.39. The summed E-state index contributed by atoms with van der Waals surface area (Å²) in [5, 5.41) is 10.7. The Morgan fingerprint density at radius 2 is 2.14 bits per heavy atom. The predicted molar refractivity (Wildman–Crippen MR) is 105 cm³/mol. The van der Waals surface area contributed by atoms with Crippen molar-refractivity contribution >= 4 is 29.9 Å². The first-order valence-corrected chi connectivity index (χ1v) is 9.81. The molecule has 3 fully saturated rings. The first-order valence-electron chi connectivity index (χ1n) is 9.81. The summed E-state index contributed by atoms with van der Waals surface area (Å²) in [7, 11) is 0. The summed E-state index contributed by atoms with van der Waals surface area (Å²) in [5.74, 6) is 1.01. The first-order chi connectivity index (χ1) is 13.2. The minimum atomic E-state index is -0.182. The number of hydrogen-bond donors (Lipinski definition) is 2. The van der Waals surface area contributed by atoms with Gasteiger partial charge >= 0.3 is 0 Å². The summed E-state index contributed by atoms with van der Waals surface area (Å²) < 4.78 is 1.54. The van der Waals surface area contributed by atoms with Crippen molar-refractivity contribution in [1.82, 2.24) is 30.1 Å². The Balaban J connectivity index is 0.00000192. The number of rotatable bonds is 3. The van der Waals surface area contributed by atoms with Gasteiger partial charge in [-0.15, -0.1) is 12.4 Å². The Kier molecular flexibility index (Phi) is 5.25. The molecule has 0 radical (unpaired) electrons. The van der Waals surface area contributed by atoms with E-state index in [0.29, 0.717) is 42.2 Å². The number of piperidine rings is 3. The van der Waals surface area contributed by atoms with E-state index < -0.39 is 0 Å². The molecule has 2 amide bonds. The van der Waals surface area contributed by atoms with Crippen molar-refractivity contribution < 1.29 is 9.59 Å². The largest absolute Gasteiger partial charge is 0.349 e. The van der Waals surface area contributed by atoms with Gasteiger partial charge in [-0.05, 0) is 49.8 Å². The maximum atomic E-state index is 12.8. The van der Waals surface area contributed by atoms with E-state index in [-0.39, 0.29) is 30.3 Å². The van der Waals surface area contributed by atoms with Crippen LogP contribution < -0.4 is 10.6 Å². The zero-order valence-electron chi connectivity index (χ0n) is 15.6. The van der Waals surface area contributed by atoms with E-state index in [1.54, 1.807) is 16.6 Å². The van der Waals surface area contributed by atoms with Gasteiger partial charge in [-0.3, -0.25) is 9.59 Å². The SMILES string of the molecule is Cl.O=C(NC[C@H]1[C@@H]2CNC[C@@H](C2)[C@@H]2CCCC(=O)N21)c1cccc2ncnn12. The second-order valence-electron chi connectivity index (χ2n) is 7.89. The van der Waals surface area contributed by atoms with Crippen molar-refractivity contribution in [2.24, 2.45) is 11.8 Å². The Hall–Kier alpha value is -2.19. The van der Waals surface area contributed by atoms with Crippen LogP contribution in [0.25, 0.3) is 5.65 Å². The molecular formula is C19H25ClN6O2. The van der Waals surface area contributed by atoms with E-state index in [1.807, 2.05) is 6.07 Å². The lowest BCUT2D eigenvalue weighted by Crippen LogP contribution is -2.66. The van der Waals surface area contributed by atoms with Crippen molar-refractivity contribution in [3.8, 4) is 0 Å². The van der Waals surface area contributed by atoms with Crippen LogP contribution in [0.3, 0.4) is 0 Å². The maximum absolute atomic E-state index is 12.8. The Labute approximate surface area is 169 Å². The van der Waals surface area contributed by atoms with E-state index in [0.717, 1.165) is 32.4 Å². The van der Waals surface area contributed by atoms with Gasteiger partial charge in [-0.25, -0.2) is 9.50 Å². The van der Waals surface area contributed by atoms with Crippen LogP contribution in [0, 0.1) is 11.8 Å². The van der Waals surface area contributed by atoms with Gasteiger partial charge in [0.25, 0.3) is 5.91 Å². The van der Waals surface area contributed by atoms with Crippen LogP contribution in [0.5, 0.6) is 0 Å². The fourth-order valence-electron chi connectivity index (χ4n) is 5.20. The van der Waals surface area contributed by atoms with E-state index in [4.69, 9.17) is 0 Å². The van der Waals surface area contributed by atoms with Crippen LogP contribution in [0.15, 0.2) is 24.5 Å². The fourth-order valence-corrected chi connectivity index (χ4v) is 5.20. The molecule has 5 rings (SSSR count). The summed E-state index contributed by atoms with van der Waals surface area (Å²) >= 11 is 0. The predicted octanol–water partition coefficient (Wildman–Crippen LogP) is 0.870. The second kappa shape index (κ2) is 7.67. The van der Waals surface area contributed by atoms with Crippen LogP contribution in [0.1, 0.15) is 36.2 Å². The Morgan fingerprint density at radius 1 is 1.29 bits per heavy atom. The molecule has 2 N–H and O–H groups in total. The third kappa shape index (κ3) is 3.14. The molecule has 8 nitrogen and oxygen atoms in total. The van der Waals surface area contributed by atoms with Gasteiger partial charge in [-0.2, -0.15) is 5.10 Å². The highest BCUT2D eigenvalue weighted by molar-refractivity contribution is 5.93. The summed E-state index contributed by atoms with van der Waals surface area (Å²) in [6.07, 6.45) is 5.27. The summed E-state index contributed by atoms with van der Waals surface area (Å²) in [6.45, 7) is 2.38. The number of halogens is 1. The van der Waals surface area contributed by atoms with Crippen LogP contribution >= 0.6 is 12.4 Å². The molecule has 0 aliphatic carbocycles. The lowest BCUT2D eigenvalue weighted by Gasteiger charge is -2.54. The average molecular weight is 405 g/mol. The van der Waals surface area contributed by atoms with Gasteiger partial charge in [0, 0.05) is 25.6 Å². The van der Waals surface area contributed by atoms with Gasteiger partial charge in [0.15, 0.2) is 5.65 Å². The normalized spacial score (nSPS) is 29.1. The van der Waals surface area contributed by atoms with Crippen LogP contribution in [0.4, 0.5) is 0 Å². The molecule has 0 aromatic carbocycles. The van der Waals surface area contributed by atoms with Crippen molar-refractivity contribution in [2.45, 2.75) is 37.8 Å². The standard InChI is InChI=1S/C19H24N6O2.ClH/c26-18-6-2-3-14-12-7-13(9-20-8-12)16(24(14)18)10-21-19(27)15-4-1-5-17-22-11-23-25(15)17;/h1,4-5,11-14,16,20H,2-3,6-10H2,(H,21,27);1H/t12-,13+,14+,16+;/m1./s1. The van der Waals surface area contributed by atoms with Gasteiger partial charge in [-0.1, -0.05) is 6.07 Å². The lowest BCUT2D eigenvalue weighted by molar-refractivity contribution is -0.148. The summed E-state index contributed by atoms with van der Waals surface area (Å²) in [4.78, 5) is 31.7. The van der Waals surface area contributed by atoms with Crippen LogP contribution in [0.2, 0.25) is 0 Å². The maximum Gasteiger partial charge on any atom is 0.270 e. The number of carbonyl (C=O) groups excluding carboxylic acids is 2. The smallest absolute Gasteiger partial charge is 0.270 e. The molecule has 3 aliphatic heterocycles. The van der Waals surface area contributed by atoms with Gasteiger partial charge in [0.05, 0.1) is 6.04 Å². The number of nitrogens with one attached hydrogen (secondary N) is 2. The summed E-state index contributed by atoms with van der Waals surface area (Å²) in [5.41, 5.74) is 1.10. The molecule has 150 valence electrons. The quantitative estimate of drug-likeness (QED) is 0.792. The van der Waals surface area contributed by atoms with Gasteiger partial charge in [0.1, 0.15) is 12.0 Å². The molecule has 0 saturated carbocycles. The van der Waals surface area contributed by atoms with Gasteiger partial charge in [0.2, 0.25) is 5.91 Å². The number of fused-ring (bicyclic) bond motifs is 5. The third-order valence-corrected chi connectivity index (χ3v) is 6.41. The van der Waals surface area contributed by atoms with Crippen LogP contribution in [-0.2, 0) is 4.79 Å².